The van der Waals surface area contributed by atoms with Crippen molar-refractivity contribution >= 4 is 33.6 Å². The molecule has 0 saturated carbocycles. The molecule has 146 valence electrons. The molecule has 29 heavy (non-hydrogen) atoms. The molecule has 0 radical (unpaired) electrons. The number of aromatic hydroxyl groups is 1. The number of nitrogens with zero attached hydrogens (tertiary/aromatic N) is 4. The molecule has 0 aliphatic carbocycles. The third-order valence-corrected chi connectivity index (χ3v) is 5.22. The van der Waals surface area contributed by atoms with Crippen molar-refractivity contribution in [2.75, 3.05) is 5.32 Å². The highest BCUT2D eigenvalue weighted by atomic mass is 32.1. The van der Waals surface area contributed by atoms with E-state index in [1.165, 1.54) is 16.0 Å². The second-order valence-electron chi connectivity index (χ2n) is 6.65. The van der Waals surface area contributed by atoms with Crippen LogP contribution in [0.5, 0.6) is 5.75 Å². The lowest BCUT2D eigenvalue weighted by atomic mass is 10.2. The van der Waals surface area contributed by atoms with Gasteiger partial charge in [-0.05, 0) is 55.8 Å². The standard InChI is InChI=1S/C21H19N5O2S/c1-13-3-8-18-17(9-13)20(28)26(23-10-15-4-6-16(27)7-5-15)19(25-18)11-22-21-24-14(2)12-29-21/h3-10,12,27H,11H2,1-2H3,(H,22,24)/b23-10+. The number of aryl methyl sites for hydroxylation is 2. The monoisotopic (exact) mass is 405 g/mol. The third-order valence-electron chi connectivity index (χ3n) is 4.30. The number of hydrogen-bond acceptors (Lipinski definition) is 7. The zero-order valence-corrected chi connectivity index (χ0v) is 16.8. The molecule has 7 nitrogen and oxygen atoms in total. The van der Waals surface area contributed by atoms with E-state index in [9.17, 15) is 9.90 Å². The summed E-state index contributed by atoms with van der Waals surface area (Å²) in [6, 6.07) is 12.2. The molecule has 2 heterocycles. The van der Waals surface area contributed by atoms with Crippen LogP contribution in [0.2, 0.25) is 0 Å². The molecule has 0 bridgehead atoms. The molecule has 0 unspecified atom stereocenters. The average molecular weight is 405 g/mol. The number of hydrogen-bond donors (Lipinski definition) is 2. The first kappa shape index (κ1) is 18.8. The van der Waals surface area contributed by atoms with Crippen LogP contribution in [-0.4, -0.2) is 26.0 Å². The average Bonchev–Trinajstić information content (AvgIpc) is 3.13. The van der Waals surface area contributed by atoms with Crippen LogP contribution in [0.15, 0.2) is 57.7 Å². The quantitative estimate of drug-likeness (QED) is 0.494. The smallest absolute Gasteiger partial charge is 0.282 e. The fourth-order valence-corrected chi connectivity index (χ4v) is 3.53. The molecule has 0 saturated heterocycles. The second kappa shape index (κ2) is 7.84. The summed E-state index contributed by atoms with van der Waals surface area (Å²) < 4.78 is 1.31. The molecule has 2 N–H and O–H groups in total. The van der Waals surface area contributed by atoms with E-state index in [2.05, 4.69) is 20.4 Å². The van der Waals surface area contributed by atoms with Crippen LogP contribution in [0.1, 0.15) is 22.6 Å². The summed E-state index contributed by atoms with van der Waals surface area (Å²) >= 11 is 1.50. The van der Waals surface area contributed by atoms with E-state index < -0.39 is 0 Å². The SMILES string of the molecule is Cc1ccc2nc(CNc3nc(C)cs3)n(/N=C/c3ccc(O)cc3)c(=O)c2c1. The molecular formula is C21H19N5O2S. The van der Waals surface area contributed by atoms with Gasteiger partial charge in [-0.15, -0.1) is 11.3 Å². The van der Waals surface area contributed by atoms with E-state index in [4.69, 9.17) is 0 Å². The lowest BCUT2D eigenvalue weighted by molar-refractivity contribution is 0.475. The number of aromatic nitrogens is 3. The van der Waals surface area contributed by atoms with Gasteiger partial charge in [0.1, 0.15) is 5.75 Å². The van der Waals surface area contributed by atoms with Crippen LogP contribution < -0.4 is 10.9 Å². The number of thiazole rings is 1. The van der Waals surface area contributed by atoms with Crippen molar-refractivity contribution in [2.24, 2.45) is 5.10 Å². The summed E-state index contributed by atoms with van der Waals surface area (Å²) in [5.74, 6) is 0.653. The van der Waals surface area contributed by atoms with Crippen LogP contribution in [0.3, 0.4) is 0 Å². The van der Waals surface area contributed by atoms with Gasteiger partial charge in [-0.3, -0.25) is 4.79 Å². The molecular weight excluding hydrogens is 386 g/mol. The second-order valence-corrected chi connectivity index (χ2v) is 7.51. The van der Waals surface area contributed by atoms with Gasteiger partial charge in [0, 0.05) is 5.38 Å². The molecule has 2 aromatic carbocycles. The van der Waals surface area contributed by atoms with E-state index in [-0.39, 0.29) is 11.3 Å². The molecule has 8 heteroatoms. The van der Waals surface area contributed by atoms with Crippen LogP contribution in [0, 0.1) is 13.8 Å². The van der Waals surface area contributed by atoms with Crippen molar-refractivity contribution in [1.82, 2.24) is 14.6 Å². The highest BCUT2D eigenvalue weighted by Crippen LogP contribution is 2.16. The molecule has 0 aliphatic heterocycles. The van der Waals surface area contributed by atoms with Gasteiger partial charge in [0.05, 0.1) is 29.4 Å². The molecule has 0 aliphatic rings. The Morgan fingerprint density at radius 1 is 1.17 bits per heavy atom. The molecule has 0 amide bonds. The topological polar surface area (TPSA) is 92.4 Å². The van der Waals surface area contributed by atoms with Gasteiger partial charge in [0.25, 0.3) is 5.56 Å². The van der Waals surface area contributed by atoms with E-state index >= 15 is 0 Å². The van der Waals surface area contributed by atoms with E-state index in [0.717, 1.165) is 22.0 Å². The third kappa shape index (κ3) is 4.17. The Bertz CT molecular complexity index is 1260. The number of fused-ring (bicyclic) bond motifs is 1. The van der Waals surface area contributed by atoms with Crippen molar-refractivity contribution in [2.45, 2.75) is 20.4 Å². The Balaban J connectivity index is 1.76. The van der Waals surface area contributed by atoms with Gasteiger partial charge >= 0.3 is 0 Å². The number of anilines is 1. The van der Waals surface area contributed by atoms with Crippen molar-refractivity contribution in [1.29, 1.82) is 0 Å². The maximum Gasteiger partial charge on any atom is 0.282 e. The predicted molar refractivity (Wildman–Crippen MR) is 116 cm³/mol. The van der Waals surface area contributed by atoms with Crippen molar-refractivity contribution in [3.8, 4) is 5.75 Å². The van der Waals surface area contributed by atoms with Gasteiger partial charge in [-0.25, -0.2) is 9.97 Å². The van der Waals surface area contributed by atoms with Gasteiger partial charge in [0.15, 0.2) is 11.0 Å². The molecule has 2 aromatic heterocycles. The van der Waals surface area contributed by atoms with Crippen LogP contribution in [0.4, 0.5) is 5.13 Å². The minimum atomic E-state index is -0.235. The van der Waals surface area contributed by atoms with E-state index in [1.54, 1.807) is 30.5 Å². The first-order chi connectivity index (χ1) is 14.0. The Morgan fingerprint density at radius 2 is 1.97 bits per heavy atom. The maximum atomic E-state index is 13.1. The number of nitrogens with one attached hydrogen (secondary N) is 1. The van der Waals surface area contributed by atoms with Crippen molar-refractivity contribution < 1.29 is 5.11 Å². The Labute approximate surface area is 171 Å². The van der Waals surface area contributed by atoms with Crippen LogP contribution in [0.25, 0.3) is 10.9 Å². The highest BCUT2D eigenvalue weighted by molar-refractivity contribution is 7.13. The van der Waals surface area contributed by atoms with Crippen molar-refractivity contribution in [3.05, 3.63) is 80.8 Å². The van der Waals surface area contributed by atoms with Gasteiger partial charge in [0.2, 0.25) is 0 Å². The summed E-state index contributed by atoms with van der Waals surface area (Å²) in [6.07, 6.45) is 1.57. The van der Waals surface area contributed by atoms with E-state index in [0.29, 0.717) is 23.3 Å². The number of phenolic OH excluding ortho intramolecular Hbond substituents is 1. The predicted octanol–water partition coefficient (Wildman–Crippen LogP) is 3.67. The van der Waals surface area contributed by atoms with Gasteiger partial charge in [-0.2, -0.15) is 9.78 Å². The Kier molecular flexibility index (Phi) is 5.09. The van der Waals surface area contributed by atoms with Gasteiger partial charge < -0.3 is 10.4 Å². The molecule has 0 atom stereocenters. The Hall–Kier alpha value is -3.52. The molecule has 0 spiro atoms. The minimum Gasteiger partial charge on any atom is -0.508 e. The summed E-state index contributed by atoms with van der Waals surface area (Å²) in [7, 11) is 0. The molecule has 0 fully saturated rings. The lowest BCUT2D eigenvalue weighted by Crippen LogP contribution is -2.24. The summed E-state index contributed by atoms with van der Waals surface area (Å²) in [5, 5.41) is 20.2. The summed E-state index contributed by atoms with van der Waals surface area (Å²) in [6.45, 7) is 4.16. The first-order valence-electron chi connectivity index (χ1n) is 9.01. The number of rotatable bonds is 5. The summed E-state index contributed by atoms with van der Waals surface area (Å²) in [5.41, 5.74) is 3.06. The van der Waals surface area contributed by atoms with Crippen molar-refractivity contribution in [3.63, 3.8) is 0 Å². The lowest BCUT2D eigenvalue weighted by Gasteiger charge is -2.10. The summed E-state index contributed by atoms with van der Waals surface area (Å²) in [4.78, 5) is 22.2. The minimum absolute atomic E-state index is 0.172. The molecule has 4 aromatic rings. The number of phenols is 1. The molecule has 4 rings (SSSR count). The fourth-order valence-electron chi connectivity index (χ4n) is 2.84. The van der Waals surface area contributed by atoms with E-state index in [1.807, 2.05) is 37.4 Å². The first-order valence-corrected chi connectivity index (χ1v) is 9.89. The maximum absolute atomic E-state index is 13.1. The van der Waals surface area contributed by atoms with Gasteiger partial charge in [-0.1, -0.05) is 11.6 Å². The zero-order chi connectivity index (χ0) is 20.4. The largest absolute Gasteiger partial charge is 0.508 e. The normalized spacial score (nSPS) is 11.4. The Morgan fingerprint density at radius 3 is 2.69 bits per heavy atom. The van der Waals surface area contributed by atoms with Crippen LogP contribution >= 0.6 is 11.3 Å². The zero-order valence-electron chi connectivity index (χ0n) is 16.0. The highest BCUT2D eigenvalue weighted by Gasteiger charge is 2.11. The number of benzene rings is 2. The van der Waals surface area contributed by atoms with Crippen LogP contribution in [-0.2, 0) is 6.54 Å². The fraction of sp³-hybridized carbons (Fsp3) is 0.143.